The van der Waals surface area contributed by atoms with Crippen LogP contribution >= 0.6 is 23.2 Å². The number of hydrogen-bond acceptors (Lipinski definition) is 1. The molecule has 0 spiro atoms. The molecular weight excluding hydrogens is 259 g/mol. The van der Waals surface area contributed by atoms with Crippen LogP contribution in [-0.4, -0.2) is 23.6 Å². The fraction of sp³-hybridized carbons (Fsp3) is 0.545. The van der Waals surface area contributed by atoms with Gasteiger partial charge in [0.1, 0.15) is 5.15 Å². The summed E-state index contributed by atoms with van der Waals surface area (Å²) in [6.45, 7) is 6.27. The largest absolute Gasteiger partial charge is 0.357 e. The molecule has 1 rings (SSSR count). The lowest BCUT2D eigenvalue weighted by Gasteiger charge is -2.09. The van der Waals surface area contributed by atoms with Crippen LogP contribution < -0.4 is 10.6 Å². The van der Waals surface area contributed by atoms with Crippen LogP contribution in [0, 0.1) is 0 Å². The van der Waals surface area contributed by atoms with Crippen LogP contribution in [0.5, 0.6) is 0 Å². The summed E-state index contributed by atoms with van der Waals surface area (Å²) in [6, 6.07) is 1.84. The zero-order valence-corrected chi connectivity index (χ0v) is 11.9. The first-order valence-corrected chi connectivity index (χ1v) is 6.37. The lowest BCUT2D eigenvalue weighted by Crippen LogP contribution is -2.37. The van der Waals surface area contributed by atoms with Crippen LogP contribution in [-0.2, 0) is 13.6 Å². The van der Waals surface area contributed by atoms with E-state index in [1.807, 2.05) is 31.5 Å². The minimum absolute atomic E-state index is 0.540. The molecule has 0 bridgehead atoms. The minimum atomic E-state index is 0.540. The molecule has 4 nitrogen and oxygen atoms in total. The summed E-state index contributed by atoms with van der Waals surface area (Å²) in [5.41, 5.74) is 0.980. The van der Waals surface area contributed by atoms with Crippen molar-refractivity contribution in [2.75, 3.05) is 13.1 Å². The lowest BCUT2D eigenvalue weighted by molar-refractivity contribution is 0.797. The molecular formula is C11H18Cl2N4. The third kappa shape index (κ3) is 3.82. The van der Waals surface area contributed by atoms with Gasteiger partial charge >= 0.3 is 0 Å². The van der Waals surface area contributed by atoms with Crippen molar-refractivity contribution in [3.63, 3.8) is 0 Å². The lowest BCUT2D eigenvalue weighted by atomic mass is 10.4. The highest BCUT2D eigenvalue weighted by Gasteiger charge is 2.08. The van der Waals surface area contributed by atoms with Crippen LogP contribution in [0.4, 0.5) is 0 Å². The van der Waals surface area contributed by atoms with Gasteiger partial charge in [-0.2, -0.15) is 0 Å². The van der Waals surface area contributed by atoms with Gasteiger partial charge in [-0.1, -0.05) is 23.2 Å². The zero-order chi connectivity index (χ0) is 12.8. The smallest absolute Gasteiger partial charge is 0.191 e. The molecule has 0 aliphatic carbocycles. The number of hydrogen-bond donors (Lipinski definition) is 2. The molecule has 0 fully saturated rings. The first-order chi connectivity index (χ1) is 8.10. The average molecular weight is 277 g/mol. The molecule has 0 amide bonds. The number of halogens is 2. The van der Waals surface area contributed by atoms with Crippen molar-refractivity contribution in [1.82, 2.24) is 15.2 Å². The molecule has 1 aromatic heterocycles. The van der Waals surface area contributed by atoms with Gasteiger partial charge < -0.3 is 15.2 Å². The molecule has 0 atom stereocenters. The molecule has 2 N–H and O–H groups in total. The van der Waals surface area contributed by atoms with Crippen molar-refractivity contribution in [2.24, 2.45) is 12.0 Å². The average Bonchev–Trinajstić information content (AvgIpc) is 2.54. The molecule has 1 aromatic rings. The van der Waals surface area contributed by atoms with Crippen LogP contribution in [0.1, 0.15) is 19.5 Å². The maximum Gasteiger partial charge on any atom is 0.191 e. The number of nitrogens with one attached hydrogen (secondary N) is 2. The third-order valence-electron chi connectivity index (χ3n) is 2.30. The summed E-state index contributed by atoms with van der Waals surface area (Å²) >= 11 is 11.9. The van der Waals surface area contributed by atoms with E-state index >= 15 is 0 Å². The second-order valence-electron chi connectivity index (χ2n) is 3.56. The van der Waals surface area contributed by atoms with E-state index in [1.165, 1.54) is 0 Å². The maximum absolute atomic E-state index is 5.99. The van der Waals surface area contributed by atoms with Crippen LogP contribution in [0.3, 0.4) is 0 Å². The number of rotatable bonds is 4. The van der Waals surface area contributed by atoms with Gasteiger partial charge in [-0.15, -0.1) is 0 Å². The van der Waals surface area contributed by atoms with Crippen molar-refractivity contribution >= 4 is 29.2 Å². The third-order valence-corrected chi connectivity index (χ3v) is 3.15. The Hall–Kier alpha value is -0.870. The van der Waals surface area contributed by atoms with Crippen molar-refractivity contribution in [3.8, 4) is 0 Å². The van der Waals surface area contributed by atoms with E-state index in [0.29, 0.717) is 16.7 Å². The first kappa shape index (κ1) is 14.2. The molecule has 17 heavy (non-hydrogen) atoms. The molecule has 0 aliphatic heterocycles. The molecule has 0 aliphatic rings. The highest BCUT2D eigenvalue weighted by atomic mass is 35.5. The Bertz CT molecular complexity index is 390. The van der Waals surface area contributed by atoms with Gasteiger partial charge in [0.15, 0.2) is 5.96 Å². The van der Waals surface area contributed by atoms with Gasteiger partial charge in [0, 0.05) is 25.8 Å². The fourth-order valence-electron chi connectivity index (χ4n) is 1.41. The molecule has 6 heteroatoms. The Labute approximate surface area is 112 Å². The van der Waals surface area contributed by atoms with E-state index in [4.69, 9.17) is 23.2 Å². The highest BCUT2D eigenvalue weighted by Crippen LogP contribution is 2.25. The quantitative estimate of drug-likeness (QED) is 0.655. The summed E-state index contributed by atoms with van der Waals surface area (Å²) in [5.74, 6) is 0.795. The molecule has 96 valence electrons. The van der Waals surface area contributed by atoms with E-state index in [9.17, 15) is 0 Å². The molecule has 0 saturated heterocycles. The Morgan fingerprint density at radius 1 is 1.29 bits per heavy atom. The van der Waals surface area contributed by atoms with Crippen molar-refractivity contribution in [1.29, 1.82) is 0 Å². The van der Waals surface area contributed by atoms with Gasteiger partial charge in [0.25, 0.3) is 0 Å². The van der Waals surface area contributed by atoms with Crippen LogP contribution in [0.2, 0.25) is 10.2 Å². The number of aromatic nitrogens is 1. The first-order valence-electron chi connectivity index (χ1n) is 5.61. The maximum atomic E-state index is 5.99. The predicted molar refractivity (Wildman–Crippen MR) is 73.9 cm³/mol. The molecule has 1 heterocycles. The Morgan fingerprint density at radius 3 is 2.29 bits per heavy atom. The van der Waals surface area contributed by atoms with Crippen molar-refractivity contribution in [3.05, 3.63) is 21.9 Å². The highest BCUT2D eigenvalue weighted by molar-refractivity contribution is 6.41. The van der Waals surface area contributed by atoms with Gasteiger partial charge in [-0.05, 0) is 19.9 Å². The van der Waals surface area contributed by atoms with E-state index in [-0.39, 0.29) is 0 Å². The standard InChI is InChI=1S/C11H18Cl2N4/c1-4-14-11(15-5-2)16-7-8-6-9(12)10(13)17(8)3/h6H,4-5,7H2,1-3H3,(H2,14,15,16). The number of nitrogens with zero attached hydrogens (tertiary/aromatic N) is 2. The molecule has 0 radical (unpaired) electrons. The van der Waals surface area contributed by atoms with Gasteiger partial charge in [0.2, 0.25) is 0 Å². The van der Waals surface area contributed by atoms with E-state index in [2.05, 4.69) is 15.6 Å². The second-order valence-corrected chi connectivity index (χ2v) is 4.32. The molecule has 0 unspecified atom stereocenters. The topological polar surface area (TPSA) is 41.4 Å². The Kier molecular flexibility index (Phi) is 5.65. The SMILES string of the molecule is CCNC(=NCc1cc(Cl)c(Cl)n1C)NCC. The zero-order valence-electron chi connectivity index (χ0n) is 10.3. The normalized spacial score (nSPS) is 10.2. The number of aliphatic imine (C=N–C) groups is 1. The predicted octanol–water partition coefficient (Wildman–Crippen LogP) is 2.41. The van der Waals surface area contributed by atoms with E-state index in [0.717, 1.165) is 24.7 Å². The summed E-state index contributed by atoms with van der Waals surface area (Å²) < 4.78 is 1.84. The van der Waals surface area contributed by atoms with Gasteiger partial charge in [0.05, 0.1) is 11.6 Å². The fourth-order valence-corrected chi connectivity index (χ4v) is 1.83. The summed E-state index contributed by atoms with van der Waals surface area (Å²) in [5, 5.41) is 7.43. The Morgan fingerprint density at radius 2 is 1.88 bits per heavy atom. The Balaban J connectivity index is 2.75. The minimum Gasteiger partial charge on any atom is -0.357 e. The summed E-state index contributed by atoms with van der Waals surface area (Å²) in [7, 11) is 1.87. The van der Waals surface area contributed by atoms with Gasteiger partial charge in [-0.25, -0.2) is 4.99 Å². The van der Waals surface area contributed by atoms with Crippen LogP contribution in [0.15, 0.2) is 11.1 Å². The van der Waals surface area contributed by atoms with Gasteiger partial charge in [-0.3, -0.25) is 0 Å². The van der Waals surface area contributed by atoms with Crippen LogP contribution in [0.25, 0.3) is 0 Å². The van der Waals surface area contributed by atoms with E-state index < -0.39 is 0 Å². The summed E-state index contributed by atoms with van der Waals surface area (Å²) in [6.07, 6.45) is 0. The molecule has 0 saturated carbocycles. The summed E-state index contributed by atoms with van der Waals surface area (Å²) in [4.78, 5) is 4.45. The van der Waals surface area contributed by atoms with Crippen molar-refractivity contribution < 1.29 is 0 Å². The van der Waals surface area contributed by atoms with Crippen molar-refractivity contribution in [2.45, 2.75) is 20.4 Å². The number of guanidine groups is 1. The molecule has 0 aromatic carbocycles. The monoisotopic (exact) mass is 276 g/mol. The second kappa shape index (κ2) is 6.77. The van der Waals surface area contributed by atoms with E-state index in [1.54, 1.807) is 0 Å².